The summed E-state index contributed by atoms with van der Waals surface area (Å²) in [4.78, 5) is 15.3. The standard InChI is InChI=1S/C86H68B2N4S2/c1-85(2,3)59-47-43-57(44-48-59)68-37-26-38-69(58-45-49-60(50-46-58)86(4,5)6)84(68)92-75-56-79-73(88-71-40-23-25-42-78(71)93-80-53-67(54-81(94-79)83(80)88)90(63-31-16-9-17-32-63)64-33-18-10-19-34-64)55-72(75)87-70-39-22-24-41-74(70)91(65-35-20-11-21-36-65)76-51-66(52-77(92)82(76)87)89(61-27-12-7-13-28-61)62-29-14-8-15-30-62/h7-56H,1-6H3. The number of para-hydroxylation sites is 7. The van der Waals surface area contributed by atoms with E-state index < -0.39 is 0 Å². The van der Waals surface area contributed by atoms with Crippen LogP contribution in [0.15, 0.2) is 323 Å². The highest BCUT2D eigenvalue weighted by Gasteiger charge is 2.47. The first kappa shape index (κ1) is 57.8. The highest BCUT2D eigenvalue weighted by molar-refractivity contribution is 8.01. The van der Waals surface area contributed by atoms with Gasteiger partial charge in [0.1, 0.15) is 0 Å². The number of benzene rings is 13. The van der Waals surface area contributed by atoms with E-state index in [4.69, 9.17) is 0 Å². The summed E-state index contributed by atoms with van der Waals surface area (Å²) in [6, 6.07) is 114. The van der Waals surface area contributed by atoms with E-state index in [1.165, 1.54) is 74.9 Å². The number of rotatable bonds is 10. The lowest BCUT2D eigenvalue weighted by Crippen LogP contribution is -2.64. The van der Waals surface area contributed by atoms with Crippen LogP contribution in [0.4, 0.5) is 68.2 Å². The van der Waals surface area contributed by atoms with Gasteiger partial charge in [0.25, 0.3) is 6.71 Å². The van der Waals surface area contributed by atoms with E-state index in [0.717, 1.165) is 79.1 Å². The van der Waals surface area contributed by atoms with Gasteiger partial charge in [0.05, 0.1) is 11.4 Å². The lowest BCUT2D eigenvalue weighted by molar-refractivity contribution is 0.590. The number of anilines is 12. The molecule has 0 bridgehead atoms. The molecular formula is C86H68B2N4S2. The average Bonchev–Trinajstić information content (AvgIpc) is 0.689. The topological polar surface area (TPSA) is 13.0 Å². The zero-order valence-corrected chi connectivity index (χ0v) is 55.3. The molecule has 0 N–H and O–H groups in total. The predicted octanol–water partition coefficient (Wildman–Crippen LogP) is 20.1. The van der Waals surface area contributed by atoms with Crippen LogP contribution in [0.25, 0.3) is 22.3 Å². The summed E-state index contributed by atoms with van der Waals surface area (Å²) in [7, 11) is 0. The molecule has 94 heavy (non-hydrogen) atoms. The maximum atomic E-state index is 2.72. The monoisotopic (exact) mass is 1240 g/mol. The lowest BCUT2D eigenvalue weighted by atomic mass is 9.31. The maximum Gasteiger partial charge on any atom is 0.252 e. The van der Waals surface area contributed by atoms with Gasteiger partial charge in [-0.3, -0.25) is 0 Å². The summed E-state index contributed by atoms with van der Waals surface area (Å²) in [5.74, 6) is 0. The second-order valence-electron chi connectivity index (χ2n) is 27.2. The Hall–Kier alpha value is -10.1. The summed E-state index contributed by atoms with van der Waals surface area (Å²) < 4.78 is 0. The van der Waals surface area contributed by atoms with Gasteiger partial charge in [-0.1, -0.05) is 276 Å². The molecule has 4 aliphatic rings. The van der Waals surface area contributed by atoms with Gasteiger partial charge in [-0.2, -0.15) is 0 Å². The molecule has 0 atom stereocenters. The normalized spacial score (nSPS) is 13.3. The van der Waals surface area contributed by atoms with Crippen LogP contribution in [-0.4, -0.2) is 13.4 Å². The van der Waals surface area contributed by atoms with Gasteiger partial charge in [-0.05, 0) is 158 Å². The number of hydrogen-bond donors (Lipinski definition) is 0. The Morgan fingerprint density at radius 3 is 1.22 bits per heavy atom. The third-order valence-electron chi connectivity index (χ3n) is 19.4. The molecule has 0 fully saturated rings. The van der Waals surface area contributed by atoms with Crippen LogP contribution in [-0.2, 0) is 10.8 Å². The first-order chi connectivity index (χ1) is 45.9. The Balaban J connectivity index is 0.999. The van der Waals surface area contributed by atoms with E-state index in [-0.39, 0.29) is 24.3 Å². The summed E-state index contributed by atoms with van der Waals surface area (Å²) >= 11 is 3.85. The molecule has 13 aromatic rings. The smallest absolute Gasteiger partial charge is 0.252 e. The molecule has 13 aromatic carbocycles. The van der Waals surface area contributed by atoms with Gasteiger partial charge >= 0.3 is 0 Å². The van der Waals surface area contributed by atoms with Crippen molar-refractivity contribution in [3.8, 4) is 22.3 Å². The van der Waals surface area contributed by atoms with Gasteiger partial charge in [0.2, 0.25) is 6.71 Å². The molecule has 0 saturated carbocycles. The molecule has 0 saturated heterocycles. The zero-order valence-electron chi connectivity index (χ0n) is 53.6. The fraction of sp³-hybridized carbons (Fsp3) is 0.0930. The molecule has 4 aliphatic heterocycles. The highest BCUT2D eigenvalue weighted by atomic mass is 32.2. The van der Waals surface area contributed by atoms with E-state index in [2.05, 4.69) is 364 Å². The fourth-order valence-corrected chi connectivity index (χ4v) is 17.5. The average molecular weight is 1240 g/mol. The fourth-order valence-electron chi connectivity index (χ4n) is 15.0. The molecule has 450 valence electrons. The van der Waals surface area contributed by atoms with Crippen molar-refractivity contribution in [3.63, 3.8) is 0 Å². The second kappa shape index (κ2) is 22.9. The molecule has 4 heterocycles. The molecule has 8 heteroatoms. The zero-order chi connectivity index (χ0) is 63.4. The summed E-state index contributed by atoms with van der Waals surface area (Å²) in [5.41, 5.74) is 28.5. The molecule has 17 rings (SSSR count). The van der Waals surface area contributed by atoms with E-state index in [1.54, 1.807) is 0 Å². The van der Waals surface area contributed by atoms with Crippen LogP contribution < -0.4 is 52.4 Å². The largest absolute Gasteiger partial charge is 0.311 e. The minimum Gasteiger partial charge on any atom is -0.311 e. The first-order valence-corrected chi connectivity index (χ1v) is 34.4. The molecular weight excluding hydrogens is 1170 g/mol. The van der Waals surface area contributed by atoms with Crippen LogP contribution in [0.1, 0.15) is 52.7 Å². The molecule has 0 aliphatic carbocycles. The highest BCUT2D eigenvalue weighted by Crippen LogP contribution is 2.54. The van der Waals surface area contributed by atoms with Gasteiger partial charge < -0.3 is 19.6 Å². The summed E-state index contributed by atoms with van der Waals surface area (Å²) in [6.07, 6.45) is 0. The molecule has 0 spiro atoms. The van der Waals surface area contributed by atoms with E-state index in [9.17, 15) is 0 Å². The number of fused-ring (bicyclic) bond motifs is 8. The summed E-state index contributed by atoms with van der Waals surface area (Å²) in [5, 5.41) is 0. The van der Waals surface area contributed by atoms with Crippen LogP contribution in [0.2, 0.25) is 0 Å². The van der Waals surface area contributed by atoms with Crippen LogP contribution in [0.5, 0.6) is 0 Å². The Bertz CT molecular complexity index is 4900. The van der Waals surface area contributed by atoms with Crippen molar-refractivity contribution in [2.24, 2.45) is 0 Å². The Labute approximate surface area is 562 Å². The van der Waals surface area contributed by atoms with E-state index in [0.29, 0.717) is 0 Å². The first-order valence-electron chi connectivity index (χ1n) is 32.8. The van der Waals surface area contributed by atoms with Crippen molar-refractivity contribution in [1.29, 1.82) is 0 Å². The molecule has 0 amide bonds. The van der Waals surface area contributed by atoms with Gasteiger partial charge in [-0.25, -0.2) is 0 Å². The van der Waals surface area contributed by atoms with Crippen molar-refractivity contribution in [2.75, 3.05) is 19.6 Å². The third-order valence-corrected chi connectivity index (χ3v) is 21.7. The Morgan fingerprint density at radius 1 is 0.287 bits per heavy atom. The van der Waals surface area contributed by atoms with Gasteiger partial charge in [0, 0.05) is 87.6 Å². The quantitative estimate of drug-likeness (QED) is 0.126. The third kappa shape index (κ3) is 9.79. The van der Waals surface area contributed by atoms with Crippen molar-refractivity contribution in [3.05, 3.63) is 314 Å². The van der Waals surface area contributed by atoms with Gasteiger partial charge in [0.15, 0.2) is 0 Å². The van der Waals surface area contributed by atoms with Crippen molar-refractivity contribution >= 4 is 138 Å². The lowest BCUT2D eigenvalue weighted by Gasteiger charge is -2.46. The Kier molecular flexibility index (Phi) is 14.1. The molecule has 4 nitrogen and oxygen atoms in total. The van der Waals surface area contributed by atoms with Crippen LogP contribution in [0, 0.1) is 0 Å². The molecule has 0 aromatic heterocycles. The van der Waals surface area contributed by atoms with Crippen molar-refractivity contribution in [2.45, 2.75) is 72.0 Å². The van der Waals surface area contributed by atoms with Crippen molar-refractivity contribution < 1.29 is 0 Å². The maximum absolute atomic E-state index is 2.72. The predicted molar refractivity (Wildman–Crippen MR) is 404 cm³/mol. The second-order valence-corrected chi connectivity index (χ2v) is 29.4. The SMILES string of the molecule is CC(C)(C)c1ccc(-c2cccc(-c3ccc(C(C)(C)C)cc3)c2N2c3cc4c(cc3B3c5ccccc5N(c5ccccc5)c5cc(N(c6ccccc6)c6ccccc6)cc2c53)B2c3ccccc3Sc3cc(N(c5ccccc5)c5ccccc5)cc(c32)S4)cc1. The van der Waals surface area contributed by atoms with E-state index >= 15 is 0 Å². The van der Waals surface area contributed by atoms with Gasteiger partial charge in [-0.15, -0.1) is 0 Å². The van der Waals surface area contributed by atoms with Crippen molar-refractivity contribution in [1.82, 2.24) is 0 Å². The van der Waals surface area contributed by atoms with E-state index in [1.807, 2.05) is 23.5 Å². The Morgan fingerprint density at radius 2 is 0.713 bits per heavy atom. The summed E-state index contributed by atoms with van der Waals surface area (Å²) in [6.45, 7) is 13.7. The number of nitrogens with zero attached hydrogens (tertiary/aromatic N) is 4. The number of hydrogen-bond acceptors (Lipinski definition) is 6. The van der Waals surface area contributed by atoms with Crippen LogP contribution in [0.3, 0.4) is 0 Å². The molecule has 0 radical (unpaired) electrons. The minimum absolute atomic E-state index is 0.0212. The minimum atomic E-state index is -0.159. The molecule has 0 unspecified atom stereocenters. The van der Waals surface area contributed by atoms with Crippen LogP contribution >= 0.6 is 23.5 Å².